The third-order valence-corrected chi connectivity index (χ3v) is 0. The Kier molecular flexibility index (Phi) is 1.70. The van der Waals surface area contributed by atoms with E-state index in [-0.39, 0.29) is 0 Å². The summed E-state index contributed by atoms with van der Waals surface area (Å²) in [5.74, 6) is 0. The fourth-order valence-electron chi connectivity index (χ4n) is 0. The van der Waals surface area contributed by atoms with Crippen LogP contribution in [0.3, 0.4) is 0 Å². The molecule has 0 saturated carbocycles. The second kappa shape index (κ2) is 1.58. The molecule has 0 aromatic rings. The van der Waals surface area contributed by atoms with Crippen molar-refractivity contribution < 1.29 is 4.39 Å². The summed E-state index contributed by atoms with van der Waals surface area (Å²) < 4.78 is 10.9. The molecule has 0 fully saturated rings. The summed E-state index contributed by atoms with van der Waals surface area (Å²) in [4.78, 5) is 0. The Hall–Kier alpha value is 0.280. The van der Waals surface area contributed by atoms with Gasteiger partial charge in [-0.2, -0.15) is 0 Å². The quantitative estimate of drug-likeness (QED) is 0.416. The van der Waals surface area contributed by atoms with Crippen molar-refractivity contribution in [3.05, 3.63) is 0 Å². The highest BCUT2D eigenvalue weighted by Crippen LogP contribution is 1.88. The molecular formula is C2H5FS. The van der Waals surface area contributed by atoms with Crippen molar-refractivity contribution >= 4 is 12.6 Å². The zero-order valence-electron chi connectivity index (χ0n) is 2.40. The van der Waals surface area contributed by atoms with Gasteiger partial charge in [0.2, 0.25) is 0 Å². The summed E-state index contributed by atoms with van der Waals surface area (Å²) in [5, 5.41) is 0. The summed E-state index contributed by atoms with van der Waals surface area (Å²) in [6.07, 6.45) is 0. The van der Waals surface area contributed by atoms with Crippen LogP contribution in [0.1, 0.15) is 6.92 Å². The molecule has 0 amide bonds. The molecule has 1 unspecified atom stereocenters. The minimum Gasteiger partial charge on any atom is -0.236 e. The zero-order chi connectivity index (χ0) is 3.58. The molecule has 0 aliphatic rings. The largest absolute Gasteiger partial charge is 0.236 e. The number of thiol groups is 1. The minimum absolute atomic E-state index is 0.972. The maximum absolute atomic E-state index is 10.9. The molecule has 1 atom stereocenters. The number of alkyl halides is 1. The van der Waals surface area contributed by atoms with E-state index in [1.54, 1.807) is 0 Å². The Bertz CT molecular complexity index is 10.8. The van der Waals surface area contributed by atoms with Gasteiger partial charge in [-0.1, -0.05) is 0 Å². The lowest BCUT2D eigenvalue weighted by Crippen LogP contribution is -1.67. The van der Waals surface area contributed by atoms with Crippen LogP contribution in [0, 0.1) is 0 Å². The molecule has 0 aliphatic heterocycles. The van der Waals surface area contributed by atoms with Crippen molar-refractivity contribution in [1.29, 1.82) is 0 Å². The predicted molar refractivity (Wildman–Crippen MR) is 19.6 cm³/mol. The Morgan fingerprint density at radius 2 is 2.00 bits per heavy atom. The SMILES string of the molecule is CC(F)S. The van der Waals surface area contributed by atoms with Gasteiger partial charge in [-0.25, -0.2) is 4.39 Å². The topological polar surface area (TPSA) is 0 Å². The maximum Gasteiger partial charge on any atom is 0.140 e. The lowest BCUT2D eigenvalue weighted by atomic mass is 10.9. The fraction of sp³-hybridized carbons (Fsp3) is 1.00. The van der Waals surface area contributed by atoms with Crippen molar-refractivity contribution in [3.8, 4) is 0 Å². The van der Waals surface area contributed by atoms with Crippen LogP contribution in [0.4, 0.5) is 4.39 Å². The first-order valence-corrected chi connectivity index (χ1v) is 1.57. The van der Waals surface area contributed by atoms with E-state index in [9.17, 15) is 4.39 Å². The van der Waals surface area contributed by atoms with Crippen LogP contribution < -0.4 is 0 Å². The molecule has 0 nitrogen and oxygen atoms in total. The van der Waals surface area contributed by atoms with Gasteiger partial charge in [-0.3, -0.25) is 0 Å². The molecule has 0 bridgehead atoms. The van der Waals surface area contributed by atoms with E-state index in [2.05, 4.69) is 12.6 Å². The Labute approximate surface area is 30.4 Å². The molecule has 0 rings (SSSR count). The monoisotopic (exact) mass is 80.0 g/mol. The van der Waals surface area contributed by atoms with E-state index in [0.717, 1.165) is 0 Å². The van der Waals surface area contributed by atoms with Crippen LogP contribution in [0.15, 0.2) is 0 Å². The Morgan fingerprint density at radius 1 is 2.00 bits per heavy atom. The van der Waals surface area contributed by atoms with E-state index in [1.807, 2.05) is 0 Å². The van der Waals surface area contributed by atoms with Gasteiger partial charge in [0, 0.05) is 0 Å². The van der Waals surface area contributed by atoms with Gasteiger partial charge in [0.1, 0.15) is 5.50 Å². The highest BCUT2D eigenvalue weighted by atomic mass is 32.1. The van der Waals surface area contributed by atoms with Crippen LogP contribution in [-0.4, -0.2) is 5.50 Å². The van der Waals surface area contributed by atoms with Crippen LogP contribution in [-0.2, 0) is 0 Å². The normalized spacial score (nSPS) is 15.8. The molecule has 0 saturated heterocycles. The average molecular weight is 80.1 g/mol. The second-order valence-corrected chi connectivity index (χ2v) is 1.29. The lowest BCUT2D eigenvalue weighted by Gasteiger charge is -1.74. The Balaban J connectivity index is 2.32. The highest BCUT2D eigenvalue weighted by molar-refractivity contribution is 7.80. The van der Waals surface area contributed by atoms with Gasteiger partial charge in [0.25, 0.3) is 0 Å². The number of halogens is 1. The molecule has 0 aromatic heterocycles. The third-order valence-electron chi connectivity index (χ3n) is 0. The van der Waals surface area contributed by atoms with Crippen molar-refractivity contribution in [2.24, 2.45) is 0 Å². The summed E-state index contributed by atoms with van der Waals surface area (Å²) in [7, 11) is 0. The first kappa shape index (κ1) is 4.28. The first-order chi connectivity index (χ1) is 1.73. The van der Waals surface area contributed by atoms with E-state index >= 15 is 0 Å². The van der Waals surface area contributed by atoms with Crippen LogP contribution in [0.5, 0.6) is 0 Å². The van der Waals surface area contributed by atoms with E-state index < -0.39 is 5.50 Å². The smallest absolute Gasteiger partial charge is 0.140 e. The summed E-state index contributed by atoms with van der Waals surface area (Å²) in [6.45, 7) is 1.36. The number of hydrogen-bond donors (Lipinski definition) is 1. The maximum atomic E-state index is 10.9. The standard InChI is InChI=1S/C2H5FS/c1-2(3)4/h2,4H,1H3. The van der Waals surface area contributed by atoms with Crippen LogP contribution >= 0.6 is 12.6 Å². The van der Waals surface area contributed by atoms with Gasteiger partial charge in [0.15, 0.2) is 0 Å². The summed E-state index contributed by atoms with van der Waals surface area (Å²) in [6, 6.07) is 0. The summed E-state index contributed by atoms with van der Waals surface area (Å²) in [5.41, 5.74) is -0.972. The fourth-order valence-corrected chi connectivity index (χ4v) is 0. The molecule has 0 aromatic carbocycles. The van der Waals surface area contributed by atoms with Gasteiger partial charge in [-0.05, 0) is 6.92 Å². The molecule has 0 heterocycles. The van der Waals surface area contributed by atoms with Crippen LogP contribution in [0.2, 0.25) is 0 Å². The third kappa shape index (κ3) is 47.6. The van der Waals surface area contributed by atoms with Crippen molar-refractivity contribution in [2.45, 2.75) is 12.4 Å². The predicted octanol–water partition coefficient (Wildman–Crippen LogP) is 1.23. The van der Waals surface area contributed by atoms with Gasteiger partial charge < -0.3 is 0 Å². The average Bonchev–Trinajstić information content (AvgIpc) is 0.811. The number of hydrogen-bond acceptors (Lipinski definition) is 1. The molecule has 0 N–H and O–H groups in total. The minimum atomic E-state index is -0.972. The van der Waals surface area contributed by atoms with Crippen molar-refractivity contribution in [3.63, 3.8) is 0 Å². The Morgan fingerprint density at radius 3 is 2.00 bits per heavy atom. The van der Waals surface area contributed by atoms with Crippen molar-refractivity contribution in [2.75, 3.05) is 0 Å². The van der Waals surface area contributed by atoms with E-state index in [1.165, 1.54) is 6.92 Å². The second-order valence-electron chi connectivity index (χ2n) is 0.574. The molecule has 26 valence electrons. The summed E-state index contributed by atoms with van der Waals surface area (Å²) >= 11 is 3.30. The number of rotatable bonds is 0. The first-order valence-electron chi connectivity index (χ1n) is 1.05. The molecule has 2 heteroatoms. The molecule has 0 radical (unpaired) electrons. The van der Waals surface area contributed by atoms with E-state index in [4.69, 9.17) is 0 Å². The van der Waals surface area contributed by atoms with Gasteiger partial charge in [0.05, 0.1) is 0 Å². The molecule has 0 aliphatic carbocycles. The van der Waals surface area contributed by atoms with E-state index in [0.29, 0.717) is 0 Å². The zero-order valence-corrected chi connectivity index (χ0v) is 3.30. The molecule has 4 heavy (non-hydrogen) atoms. The highest BCUT2D eigenvalue weighted by Gasteiger charge is 1.74. The molecular weight excluding hydrogens is 75.1 g/mol. The lowest BCUT2D eigenvalue weighted by molar-refractivity contribution is 0.487. The van der Waals surface area contributed by atoms with Gasteiger partial charge in [-0.15, -0.1) is 12.6 Å². The van der Waals surface area contributed by atoms with Gasteiger partial charge >= 0.3 is 0 Å². The van der Waals surface area contributed by atoms with Crippen LogP contribution in [0.25, 0.3) is 0 Å². The molecule has 0 spiro atoms. The van der Waals surface area contributed by atoms with Crippen molar-refractivity contribution in [1.82, 2.24) is 0 Å².